The molecule has 1 N–H and O–H groups in total. The zero-order valence-electron chi connectivity index (χ0n) is 10.6. The van der Waals surface area contributed by atoms with Crippen molar-refractivity contribution in [3.8, 4) is 0 Å². The number of rotatable bonds is 2. The van der Waals surface area contributed by atoms with Gasteiger partial charge in [-0.3, -0.25) is 4.79 Å². The summed E-state index contributed by atoms with van der Waals surface area (Å²) in [6.45, 7) is 6.10. The Labute approximate surface area is 108 Å². The lowest BCUT2D eigenvalue weighted by atomic mass is 9.75. The van der Waals surface area contributed by atoms with Gasteiger partial charge >= 0.3 is 12.1 Å². The average molecular weight is 280 g/mol. The molecule has 1 rings (SSSR count). The van der Waals surface area contributed by atoms with Crippen LogP contribution in [0.15, 0.2) is 12.2 Å². The Balaban J connectivity index is 2.87. The van der Waals surface area contributed by atoms with Gasteiger partial charge in [0.05, 0.1) is 0 Å². The molecule has 1 aliphatic rings. The van der Waals surface area contributed by atoms with E-state index in [9.17, 15) is 27.9 Å². The fourth-order valence-electron chi connectivity index (χ4n) is 1.86. The Hall–Kier alpha value is -1.37. The maximum atomic E-state index is 12.6. The van der Waals surface area contributed by atoms with Gasteiger partial charge in [0.15, 0.2) is 5.78 Å². The third kappa shape index (κ3) is 2.97. The third-order valence-electron chi connectivity index (χ3n) is 3.17. The van der Waals surface area contributed by atoms with Gasteiger partial charge in [0.1, 0.15) is 5.60 Å². The number of Topliss-reactive ketones (excluding diaryl/α,β-unsaturated/α-hetero) is 1. The van der Waals surface area contributed by atoms with Gasteiger partial charge in [-0.25, -0.2) is 4.79 Å². The van der Waals surface area contributed by atoms with Crippen LogP contribution in [0.4, 0.5) is 13.2 Å². The Morgan fingerprint density at radius 3 is 2.32 bits per heavy atom. The number of aliphatic hydroxyl groups is 1. The quantitative estimate of drug-likeness (QED) is 0.620. The summed E-state index contributed by atoms with van der Waals surface area (Å²) >= 11 is 0. The lowest BCUT2D eigenvalue weighted by molar-refractivity contribution is -0.262. The fourth-order valence-corrected chi connectivity index (χ4v) is 1.86. The normalized spacial score (nSPS) is 32.0. The lowest BCUT2D eigenvalue weighted by Gasteiger charge is -2.40. The minimum Gasteiger partial charge on any atom is -0.456 e. The monoisotopic (exact) mass is 280 g/mol. The molecule has 0 aromatic rings. The number of halogens is 3. The standard InChI is InChI=1S/C12H15F3O4/c1-7(2)9(17)19-10(3)4-5-11(18,8(16)6-10)12(13,14)15/h18H,1,4-6H2,2-3H3. The van der Waals surface area contributed by atoms with Crippen LogP contribution in [-0.4, -0.2) is 34.2 Å². The molecular formula is C12H15F3O4. The van der Waals surface area contributed by atoms with Crippen molar-refractivity contribution in [1.29, 1.82) is 0 Å². The van der Waals surface area contributed by atoms with Crippen LogP contribution in [0, 0.1) is 0 Å². The van der Waals surface area contributed by atoms with Crippen LogP contribution in [0.3, 0.4) is 0 Å². The first-order valence-electron chi connectivity index (χ1n) is 5.62. The Morgan fingerprint density at radius 2 is 1.95 bits per heavy atom. The van der Waals surface area contributed by atoms with Crippen LogP contribution in [0.1, 0.15) is 33.1 Å². The SMILES string of the molecule is C=C(C)C(=O)OC1(C)CCC(O)(C(F)(F)F)C(=O)C1. The molecule has 1 aliphatic carbocycles. The zero-order chi connectivity index (χ0) is 15.1. The Morgan fingerprint density at radius 1 is 1.42 bits per heavy atom. The molecule has 2 atom stereocenters. The van der Waals surface area contributed by atoms with Gasteiger partial charge in [0.25, 0.3) is 0 Å². The van der Waals surface area contributed by atoms with E-state index in [0.717, 1.165) is 0 Å². The first kappa shape index (κ1) is 15.7. The zero-order valence-corrected chi connectivity index (χ0v) is 10.6. The number of carbonyl (C=O) groups excluding carboxylic acids is 2. The van der Waals surface area contributed by atoms with Gasteiger partial charge in [-0.1, -0.05) is 6.58 Å². The molecule has 0 radical (unpaired) electrons. The summed E-state index contributed by atoms with van der Waals surface area (Å²) in [6.07, 6.45) is -6.78. The number of carbonyl (C=O) groups is 2. The molecule has 0 aliphatic heterocycles. The minimum absolute atomic E-state index is 0.0883. The molecule has 19 heavy (non-hydrogen) atoms. The van der Waals surface area contributed by atoms with E-state index in [1.54, 1.807) is 0 Å². The molecule has 0 aromatic carbocycles. The largest absolute Gasteiger partial charge is 0.456 e. The molecule has 0 saturated heterocycles. The fraction of sp³-hybridized carbons (Fsp3) is 0.667. The molecule has 7 heteroatoms. The number of ketones is 1. The molecule has 0 heterocycles. The van der Waals surface area contributed by atoms with Crippen LogP contribution < -0.4 is 0 Å². The molecular weight excluding hydrogens is 265 g/mol. The second-order valence-electron chi connectivity index (χ2n) is 5.08. The molecule has 0 bridgehead atoms. The van der Waals surface area contributed by atoms with Gasteiger partial charge in [0.2, 0.25) is 5.60 Å². The smallest absolute Gasteiger partial charge is 0.424 e. The van der Waals surface area contributed by atoms with Crippen LogP contribution in [-0.2, 0) is 14.3 Å². The highest BCUT2D eigenvalue weighted by atomic mass is 19.4. The molecule has 0 aromatic heterocycles. The number of ether oxygens (including phenoxy) is 1. The maximum Gasteiger partial charge on any atom is 0.424 e. The number of alkyl halides is 3. The van der Waals surface area contributed by atoms with E-state index >= 15 is 0 Å². The van der Waals surface area contributed by atoms with Gasteiger partial charge in [-0.2, -0.15) is 13.2 Å². The van der Waals surface area contributed by atoms with Gasteiger partial charge in [-0.05, 0) is 26.7 Å². The van der Waals surface area contributed by atoms with E-state index < -0.39 is 42.0 Å². The van der Waals surface area contributed by atoms with Crippen molar-refractivity contribution < 1.29 is 32.6 Å². The lowest BCUT2D eigenvalue weighted by Crippen LogP contribution is -2.58. The van der Waals surface area contributed by atoms with Crippen molar-refractivity contribution >= 4 is 11.8 Å². The molecule has 1 fully saturated rings. The summed E-state index contributed by atoms with van der Waals surface area (Å²) in [5, 5.41) is 9.42. The van der Waals surface area contributed by atoms with Gasteiger partial charge in [0, 0.05) is 12.0 Å². The second kappa shape index (κ2) is 4.63. The Bertz CT molecular complexity index is 429. The summed E-state index contributed by atoms with van der Waals surface area (Å²) in [4.78, 5) is 22.9. The van der Waals surface area contributed by atoms with E-state index in [1.807, 2.05) is 0 Å². The van der Waals surface area contributed by atoms with Crippen LogP contribution >= 0.6 is 0 Å². The number of esters is 1. The third-order valence-corrected chi connectivity index (χ3v) is 3.17. The maximum absolute atomic E-state index is 12.6. The Kier molecular flexibility index (Phi) is 3.82. The van der Waals surface area contributed by atoms with Crippen molar-refractivity contribution in [3.63, 3.8) is 0 Å². The predicted octanol–water partition coefficient (Wildman–Crippen LogP) is 1.91. The first-order chi connectivity index (χ1) is 8.41. The van der Waals surface area contributed by atoms with E-state index in [1.165, 1.54) is 13.8 Å². The molecule has 2 unspecified atom stereocenters. The van der Waals surface area contributed by atoms with Crippen molar-refractivity contribution in [2.24, 2.45) is 0 Å². The summed E-state index contributed by atoms with van der Waals surface area (Å²) < 4.78 is 42.9. The highest BCUT2D eigenvalue weighted by Crippen LogP contribution is 2.43. The van der Waals surface area contributed by atoms with Crippen molar-refractivity contribution in [3.05, 3.63) is 12.2 Å². The molecule has 108 valence electrons. The molecule has 0 amide bonds. The first-order valence-corrected chi connectivity index (χ1v) is 5.62. The van der Waals surface area contributed by atoms with Gasteiger partial charge < -0.3 is 9.84 Å². The van der Waals surface area contributed by atoms with Gasteiger partial charge in [-0.15, -0.1) is 0 Å². The summed E-state index contributed by atoms with van der Waals surface area (Å²) in [7, 11) is 0. The molecule has 4 nitrogen and oxygen atoms in total. The number of hydrogen-bond donors (Lipinski definition) is 1. The molecule has 0 spiro atoms. The van der Waals surface area contributed by atoms with Crippen LogP contribution in [0.25, 0.3) is 0 Å². The highest BCUT2D eigenvalue weighted by Gasteiger charge is 2.62. The van der Waals surface area contributed by atoms with Crippen molar-refractivity contribution in [2.45, 2.75) is 50.5 Å². The summed E-state index contributed by atoms with van der Waals surface area (Å²) in [5.41, 5.74) is -4.60. The van der Waals surface area contributed by atoms with Crippen molar-refractivity contribution in [2.75, 3.05) is 0 Å². The summed E-state index contributed by atoms with van der Waals surface area (Å²) in [6, 6.07) is 0. The molecule has 1 saturated carbocycles. The minimum atomic E-state index is -5.02. The van der Waals surface area contributed by atoms with Crippen LogP contribution in [0.2, 0.25) is 0 Å². The summed E-state index contributed by atoms with van der Waals surface area (Å²) in [5.74, 6) is -2.16. The van der Waals surface area contributed by atoms with E-state index in [0.29, 0.717) is 0 Å². The predicted molar refractivity (Wildman–Crippen MR) is 59.2 cm³/mol. The average Bonchev–Trinajstić information content (AvgIpc) is 2.22. The van der Waals surface area contributed by atoms with Crippen molar-refractivity contribution in [1.82, 2.24) is 0 Å². The van der Waals surface area contributed by atoms with E-state index in [4.69, 9.17) is 4.74 Å². The highest BCUT2D eigenvalue weighted by molar-refractivity contribution is 5.91. The van der Waals surface area contributed by atoms with E-state index in [2.05, 4.69) is 6.58 Å². The topological polar surface area (TPSA) is 63.6 Å². The van der Waals surface area contributed by atoms with E-state index in [-0.39, 0.29) is 12.0 Å². The second-order valence-corrected chi connectivity index (χ2v) is 5.08. The van der Waals surface area contributed by atoms with Crippen LogP contribution in [0.5, 0.6) is 0 Å². The number of hydrogen-bond acceptors (Lipinski definition) is 4.